The standard InChI is InChI=1S/C27H25FN4O/c1-16-10-17(2)12-20(11-16)30-26(33)32-25(18-4-3-5-19(28)13-18)24-21(14-27(32)7-8-27)22-15-29-9-6-23(22)31-24/h3-6,9-13,15,25,31H,7-8,14H2,1-2H3,(H,30,33). The van der Waals surface area contributed by atoms with E-state index in [1.165, 1.54) is 17.7 Å². The van der Waals surface area contributed by atoms with Crippen LogP contribution >= 0.6 is 0 Å². The molecule has 166 valence electrons. The molecule has 1 aliphatic heterocycles. The first-order chi connectivity index (χ1) is 15.9. The molecule has 0 saturated heterocycles. The zero-order valence-corrected chi connectivity index (χ0v) is 18.7. The van der Waals surface area contributed by atoms with Gasteiger partial charge in [-0.05, 0) is 85.7 Å². The second kappa shape index (κ2) is 7.17. The number of nitrogens with one attached hydrogen (secondary N) is 2. The topological polar surface area (TPSA) is 61.0 Å². The zero-order chi connectivity index (χ0) is 22.7. The summed E-state index contributed by atoms with van der Waals surface area (Å²) in [4.78, 5) is 23.6. The number of benzene rings is 2. The Labute approximate surface area is 191 Å². The third-order valence-corrected chi connectivity index (χ3v) is 6.97. The van der Waals surface area contributed by atoms with Crippen LogP contribution in [0.3, 0.4) is 0 Å². The number of hydrogen-bond donors (Lipinski definition) is 2. The largest absolute Gasteiger partial charge is 0.356 e. The molecule has 3 heterocycles. The first kappa shape index (κ1) is 20.0. The van der Waals surface area contributed by atoms with Crippen LogP contribution in [0.4, 0.5) is 14.9 Å². The van der Waals surface area contributed by atoms with Crippen LogP contribution in [0.25, 0.3) is 10.9 Å². The number of anilines is 1. The van der Waals surface area contributed by atoms with Crippen LogP contribution < -0.4 is 5.32 Å². The first-order valence-corrected chi connectivity index (χ1v) is 11.3. The Morgan fingerprint density at radius 1 is 1.15 bits per heavy atom. The second-order valence-electron chi connectivity index (χ2n) is 9.47. The lowest BCUT2D eigenvalue weighted by Gasteiger charge is -2.43. The maximum atomic E-state index is 14.3. The van der Waals surface area contributed by atoms with E-state index in [1.807, 2.05) is 49.2 Å². The molecule has 2 aliphatic rings. The van der Waals surface area contributed by atoms with Gasteiger partial charge in [0.2, 0.25) is 0 Å². The molecule has 1 atom stereocenters. The first-order valence-electron chi connectivity index (χ1n) is 11.3. The molecular weight excluding hydrogens is 415 g/mol. The molecule has 1 unspecified atom stereocenters. The molecule has 2 aromatic carbocycles. The predicted molar refractivity (Wildman–Crippen MR) is 127 cm³/mol. The predicted octanol–water partition coefficient (Wildman–Crippen LogP) is 6.03. The van der Waals surface area contributed by atoms with Crippen molar-refractivity contribution in [3.8, 4) is 0 Å². The van der Waals surface area contributed by atoms with Gasteiger partial charge in [-0.25, -0.2) is 9.18 Å². The van der Waals surface area contributed by atoms with Crippen LogP contribution in [-0.2, 0) is 6.42 Å². The van der Waals surface area contributed by atoms with Crippen molar-refractivity contribution in [3.05, 3.63) is 94.7 Å². The van der Waals surface area contributed by atoms with E-state index in [2.05, 4.69) is 21.4 Å². The molecular formula is C27H25FN4O. The van der Waals surface area contributed by atoms with Gasteiger partial charge in [-0.2, -0.15) is 0 Å². The Bertz CT molecular complexity index is 1380. The lowest BCUT2D eigenvalue weighted by Crippen LogP contribution is -2.51. The number of carbonyl (C=O) groups is 1. The zero-order valence-electron chi connectivity index (χ0n) is 18.7. The van der Waals surface area contributed by atoms with Gasteiger partial charge < -0.3 is 15.2 Å². The highest BCUT2D eigenvalue weighted by molar-refractivity contribution is 5.92. The SMILES string of the molecule is Cc1cc(C)cc(NC(=O)N2C(c3cccc(F)c3)c3[nH]c4ccncc4c3CC23CC3)c1. The Morgan fingerprint density at radius 2 is 1.94 bits per heavy atom. The van der Waals surface area contributed by atoms with Gasteiger partial charge in [0, 0.05) is 40.2 Å². The number of nitrogens with zero attached hydrogens (tertiary/aromatic N) is 2. The van der Waals surface area contributed by atoms with E-state index in [0.717, 1.165) is 58.2 Å². The number of urea groups is 1. The van der Waals surface area contributed by atoms with E-state index in [9.17, 15) is 9.18 Å². The maximum absolute atomic E-state index is 14.3. The lowest BCUT2D eigenvalue weighted by atomic mass is 9.87. The molecule has 1 fully saturated rings. The van der Waals surface area contributed by atoms with Crippen molar-refractivity contribution in [3.63, 3.8) is 0 Å². The van der Waals surface area contributed by atoms with Crippen LogP contribution in [0.1, 0.15) is 46.8 Å². The molecule has 2 aromatic heterocycles. The fraction of sp³-hybridized carbons (Fsp3) is 0.259. The molecule has 6 heteroatoms. The number of carbonyl (C=O) groups excluding carboxylic acids is 1. The summed E-state index contributed by atoms with van der Waals surface area (Å²) in [6.45, 7) is 4.04. The highest BCUT2D eigenvalue weighted by atomic mass is 19.1. The van der Waals surface area contributed by atoms with E-state index in [-0.39, 0.29) is 17.4 Å². The molecule has 1 saturated carbocycles. The van der Waals surface area contributed by atoms with E-state index in [4.69, 9.17) is 0 Å². The fourth-order valence-electron chi connectivity index (χ4n) is 5.47. The van der Waals surface area contributed by atoms with E-state index < -0.39 is 6.04 Å². The van der Waals surface area contributed by atoms with Gasteiger partial charge in [0.1, 0.15) is 5.82 Å². The summed E-state index contributed by atoms with van der Waals surface area (Å²) < 4.78 is 14.3. The summed E-state index contributed by atoms with van der Waals surface area (Å²) in [6, 6.07) is 14.0. The van der Waals surface area contributed by atoms with Crippen molar-refractivity contribution in [1.82, 2.24) is 14.9 Å². The molecule has 2 N–H and O–H groups in total. The molecule has 4 aromatic rings. The second-order valence-corrected chi connectivity index (χ2v) is 9.47. The molecule has 5 nitrogen and oxygen atoms in total. The van der Waals surface area contributed by atoms with Crippen LogP contribution in [0, 0.1) is 19.7 Å². The van der Waals surface area contributed by atoms with E-state index >= 15 is 0 Å². The lowest BCUT2D eigenvalue weighted by molar-refractivity contribution is 0.146. The van der Waals surface area contributed by atoms with Gasteiger partial charge >= 0.3 is 6.03 Å². The molecule has 1 aliphatic carbocycles. The van der Waals surface area contributed by atoms with Crippen molar-refractivity contribution >= 4 is 22.6 Å². The minimum absolute atomic E-state index is 0.158. The number of halogens is 1. The van der Waals surface area contributed by atoms with Crippen LogP contribution in [0.2, 0.25) is 0 Å². The van der Waals surface area contributed by atoms with Gasteiger partial charge in [-0.1, -0.05) is 18.2 Å². The average molecular weight is 441 g/mol. The smallest absolute Gasteiger partial charge is 0.323 e. The molecule has 6 rings (SSSR count). The van der Waals surface area contributed by atoms with Crippen LogP contribution in [0.15, 0.2) is 60.9 Å². The van der Waals surface area contributed by atoms with Gasteiger partial charge in [0.25, 0.3) is 0 Å². The Balaban J connectivity index is 1.50. The number of fused-ring (bicyclic) bond motifs is 3. The van der Waals surface area contributed by atoms with Crippen molar-refractivity contribution in [2.24, 2.45) is 0 Å². The third-order valence-electron chi connectivity index (χ3n) is 6.97. The summed E-state index contributed by atoms with van der Waals surface area (Å²) >= 11 is 0. The van der Waals surface area contributed by atoms with Gasteiger partial charge in [-0.15, -0.1) is 0 Å². The number of H-pyrrole nitrogens is 1. The minimum atomic E-state index is -0.412. The molecule has 0 bridgehead atoms. The molecule has 1 spiro atoms. The summed E-state index contributed by atoms with van der Waals surface area (Å²) in [7, 11) is 0. The average Bonchev–Trinajstić information content (AvgIpc) is 3.43. The highest BCUT2D eigenvalue weighted by Crippen LogP contribution is 2.55. The van der Waals surface area contributed by atoms with Crippen LogP contribution in [-0.4, -0.2) is 26.4 Å². The van der Waals surface area contributed by atoms with E-state index in [0.29, 0.717) is 0 Å². The normalized spacial score (nSPS) is 18.4. The van der Waals surface area contributed by atoms with Crippen LogP contribution in [0.5, 0.6) is 0 Å². The number of pyridine rings is 1. The summed E-state index contributed by atoms with van der Waals surface area (Å²) in [5, 5.41) is 4.21. The number of hydrogen-bond acceptors (Lipinski definition) is 2. The number of aromatic nitrogens is 2. The van der Waals surface area contributed by atoms with E-state index in [1.54, 1.807) is 12.3 Å². The molecule has 0 radical (unpaired) electrons. The minimum Gasteiger partial charge on any atom is -0.356 e. The highest BCUT2D eigenvalue weighted by Gasteiger charge is 2.57. The Hall–Kier alpha value is -3.67. The van der Waals surface area contributed by atoms with Crippen molar-refractivity contribution in [1.29, 1.82) is 0 Å². The maximum Gasteiger partial charge on any atom is 0.323 e. The summed E-state index contributed by atoms with van der Waals surface area (Å²) in [5.74, 6) is -0.308. The van der Waals surface area contributed by atoms with Crippen molar-refractivity contribution < 1.29 is 9.18 Å². The Morgan fingerprint density at radius 3 is 2.67 bits per heavy atom. The Kier molecular flexibility index (Phi) is 4.34. The third kappa shape index (κ3) is 3.28. The van der Waals surface area contributed by atoms with Crippen molar-refractivity contribution in [2.45, 2.75) is 44.7 Å². The molecule has 2 amide bonds. The van der Waals surface area contributed by atoms with Gasteiger partial charge in [0.05, 0.1) is 6.04 Å². The number of rotatable bonds is 2. The van der Waals surface area contributed by atoms with Crippen molar-refractivity contribution in [2.75, 3.05) is 5.32 Å². The number of aromatic amines is 1. The summed E-state index contributed by atoms with van der Waals surface area (Å²) in [5.41, 5.74) is 6.56. The van der Waals surface area contributed by atoms with Gasteiger partial charge in [0.15, 0.2) is 0 Å². The molecule has 33 heavy (non-hydrogen) atoms. The number of amides is 2. The fourth-order valence-corrected chi connectivity index (χ4v) is 5.47. The van der Waals surface area contributed by atoms with Gasteiger partial charge in [-0.3, -0.25) is 4.98 Å². The monoisotopic (exact) mass is 440 g/mol. The quantitative estimate of drug-likeness (QED) is 0.400. The summed E-state index contributed by atoms with van der Waals surface area (Å²) in [6.07, 6.45) is 6.25. The number of aryl methyl sites for hydroxylation is 2.